The normalized spacial score (nSPS) is 19.2. The fraction of sp³-hybridized carbons (Fsp3) is 0.263. The first-order valence-electron chi connectivity index (χ1n) is 8.33. The molecule has 0 radical (unpaired) electrons. The summed E-state index contributed by atoms with van der Waals surface area (Å²) in [6.07, 6.45) is 1.46. The first kappa shape index (κ1) is 15.9. The van der Waals surface area contributed by atoms with Crippen molar-refractivity contribution in [3.05, 3.63) is 59.6 Å². The van der Waals surface area contributed by atoms with Crippen LogP contribution in [0.5, 0.6) is 0 Å². The lowest BCUT2D eigenvalue weighted by molar-refractivity contribution is 0.129. The molecule has 1 aromatic heterocycles. The van der Waals surface area contributed by atoms with Crippen molar-refractivity contribution in [1.82, 2.24) is 10.3 Å². The second-order valence-corrected chi connectivity index (χ2v) is 7.14. The molecule has 1 saturated carbocycles. The molecular weight excluding hydrogens is 334 g/mol. The standard InChI is InChI=1S/C19H19N3O2S/c23-19(24-11-13-4-2-1-3-5-13)22-16-8-15(9-16)21-14-6-7-17-18(10-14)25-12-20-17/h1-7,10,12,15-16,21H,8-9,11H2,(H,22,23). The third kappa shape index (κ3) is 3.91. The lowest BCUT2D eigenvalue weighted by Gasteiger charge is -2.36. The smallest absolute Gasteiger partial charge is 0.407 e. The number of anilines is 1. The summed E-state index contributed by atoms with van der Waals surface area (Å²) >= 11 is 1.64. The third-order valence-electron chi connectivity index (χ3n) is 4.37. The Morgan fingerprint density at radius 1 is 1.16 bits per heavy atom. The number of fused-ring (bicyclic) bond motifs is 1. The van der Waals surface area contributed by atoms with Crippen LogP contribution in [0, 0.1) is 0 Å². The predicted octanol–water partition coefficient (Wildman–Crippen LogP) is 4.17. The quantitative estimate of drug-likeness (QED) is 0.723. The zero-order valence-corrected chi connectivity index (χ0v) is 14.5. The Morgan fingerprint density at radius 2 is 2.00 bits per heavy atom. The number of ether oxygens (including phenoxy) is 1. The van der Waals surface area contributed by atoms with Crippen molar-refractivity contribution in [2.45, 2.75) is 31.5 Å². The van der Waals surface area contributed by atoms with Crippen molar-refractivity contribution < 1.29 is 9.53 Å². The van der Waals surface area contributed by atoms with E-state index in [1.54, 1.807) is 11.3 Å². The van der Waals surface area contributed by atoms with Crippen molar-refractivity contribution in [3.8, 4) is 0 Å². The molecule has 0 unspecified atom stereocenters. The molecule has 1 amide bonds. The highest BCUT2D eigenvalue weighted by Gasteiger charge is 2.30. The molecule has 0 atom stereocenters. The molecule has 0 bridgehead atoms. The zero-order valence-electron chi connectivity index (χ0n) is 13.6. The summed E-state index contributed by atoms with van der Waals surface area (Å²) < 4.78 is 6.44. The van der Waals surface area contributed by atoms with Crippen LogP contribution < -0.4 is 10.6 Å². The minimum atomic E-state index is -0.349. The predicted molar refractivity (Wildman–Crippen MR) is 99.8 cm³/mol. The van der Waals surface area contributed by atoms with E-state index in [0.29, 0.717) is 12.6 Å². The zero-order chi connectivity index (χ0) is 17.1. The van der Waals surface area contributed by atoms with E-state index in [4.69, 9.17) is 4.74 Å². The highest BCUT2D eigenvalue weighted by atomic mass is 32.1. The Labute approximate surface area is 150 Å². The Hall–Kier alpha value is -2.60. The summed E-state index contributed by atoms with van der Waals surface area (Å²) in [5, 5.41) is 6.43. The number of aromatic nitrogens is 1. The highest BCUT2D eigenvalue weighted by Crippen LogP contribution is 2.27. The number of hydrogen-bond donors (Lipinski definition) is 2. The van der Waals surface area contributed by atoms with Crippen LogP contribution in [0.2, 0.25) is 0 Å². The van der Waals surface area contributed by atoms with Gasteiger partial charge in [-0.15, -0.1) is 11.3 Å². The maximum atomic E-state index is 11.8. The molecule has 5 nitrogen and oxygen atoms in total. The number of amides is 1. The van der Waals surface area contributed by atoms with Gasteiger partial charge in [0.25, 0.3) is 0 Å². The molecule has 2 N–H and O–H groups in total. The van der Waals surface area contributed by atoms with Crippen molar-refractivity contribution in [2.24, 2.45) is 0 Å². The van der Waals surface area contributed by atoms with E-state index >= 15 is 0 Å². The van der Waals surface area contributed by atoms with Gasteiger partial charge in [-0.1, -0.05) is 30.3 Å². The number of nitrogens with one attached hydrogen (secondary N) is 2. The van der Waals surface area contributed by atoms with Gasteiger partial charge in [-0.3, -0.25) is 0 Å². The summed E-state index contributed by atoms with van der Waals surface area (Å²) in [4.78, 5) is 16.1. The average Bonchev–Trinajstić information content (AvgIpc) is 3.07. The Kier molecular flexibility index (Phi) is 4.52. The summed E-state index contributed by atoms with van der Waals surface area (Å²) in [6, 6.07) is 16.5. The van der Waals surface area contributed by atoms with Gasteiger partial charge >= 0.3 is 6.09 Å². The van der Waals surface area contributed by atoms with Crippen LogP contribution >= 0.6 is 11.3 Å². The van der Waals surface area contributed by atoms with Crippen molar-refractivity contribution in [1.29, 1.82) is 0 Å². The fourth-order valence-electron chi connectivity index (χ4n) is 2.97. The van der Waals surface area contributed by atoms with Crippen LogP contribution in [0.3, 0.4) is 0 Å². The van der Waals surface area contributed by atoms with Crippen LogP contribution in [0.1, 0.15) is 18.4 Å². The van der Waals surface area contributed by atoms with Crippen molar-refractivity contribution >= 4 is 33.3 Å². The van der Waals surface area contributed by atoms with E-state index in [9.17, 15) is 4.79 Å². The van der Waals surface area contributed by atoms with E-state index in [1.807, 2.05) is 41.9 Å². The molecule has 1 fully saturated rings. The lowest BCUT2D eigenvalue weighted by atomic mass is 9.86. The van der Waals surface area contributed by atoms with Crippen molar-refractivity contribution in [3.63, 3.8) is 0 Å². The van der Waals surface area contributed by atoms with Crippen LogP contribution in [0.25, 0.3) is 10.2 Å². The summed E-state index contributed by atoms with van der Waals surface area (Å²) in [7, 11) is 0. The molecule has 2 aromatic carbocycles. The van der Waals surface area contributed by atoms with Crippen LogP contribution in [0.4, 0.5) is 10.5 Å². The minimum Gasteiger partial charge on any atom is -0.445 e. The molecule has 4 rings (SSSR count). The van der Waals surface area contributed by atoms with Gasteiger partial charge in [0.15, 0.2) is 0 Å². The van der Waals surface area contributed by atoms with E-state index < -0.39 is 0 Å². The topological polar surface area (TPSA) is 63.2 Å². The number of benzene rings is 2. The monoisotopic (exact) mass is 353 g/mol. The van der Waals surface area contributed by atoms with Crippen LogP contribution in [-0.4, -0.2) is 23.2 Å². The van der Waals surface area contributed by atoms with Gasteiger partial charge in [0.2, 0.25) is 0 Å². The highest BCUT2D eigenvalue weighted by molar-refractivity contribution is 7.16. The summed E-state index contributed by atoms with van der Waals surface area (Å²) in [6.45, 7) is 0.302. The molecule has 3 aromatic rings. The summed E-state index contributed by atoms with van der Waals surface area (Å²) in [5.74, 6) is 0. The van der Waals surface area contributed by atoms with Gasteiger partial charge in [0, 0.05) is 17.8 Å². The van der Waals surface area contributed by atoms with Gasteiger partial charge < -0.3 is 15.4 Å². The number of thiazole rings is 1. The molecule has 1 heterocycles. The first-order valence-corrected chi connectivity index (χ1v) is 9.21. The van der Waals surface area contributed by atoms with E-state index in [0.717, 1.165) is 29.6 Å². The number of hydrogen-bond acceptors (Lipinski definition) is 5. The lowest BCUT2D eigenvalue weighted by Crippen LogP contribution is -2.49. The Balaban J connectivity index is 1.20. The summed E-state index contributed by atoms with van der Waals surface area (Å²) in [5.41, 5.74) is 4.99. The van der Waals surface area contributed by atoms with E-state index in [2.05, 4.69) is 27.8 Å². The fourth-order valence-corrected chi connectivity index (χ4v) is 3.68. The second-order valence-electron chi connectivity index (χ2n) is 6.25. The molecule has 0 saturated heterocycles. The molecule has 1 aliphatic rings. The SMILES string of the molecule is O=C(NC1CC(Nc2ccc3ncsc3c2)C1)OCc1ccccc1. The minimum absolute atomic E-state index is 0.174. The molecule has 0 aliphatic heterocycles. The molecule has 1 aliphatic carbocycles. The third-order valence-corrected chi connectivity index (χ3v) is 5.17. The van der Waals surface area contributed by atoms with Gasteiger partial charge in [-0.25, -0.2) is 9.78 Å². The van der Waals surface area contributed by atoms with Gasteiger partial charge in [0.05, 0.1) is 15.7 Å². The largest absolute Gasteiger partial charge is 0.445 e. The molecule has 128 valence electrons. The van der Waals surface area contributed by atoms with Crippen molar-refractivity contribution in [2.75, 3.05) is 5.32 Å². The average molecular weight is 353 g/mol. The number of rotatable bonds is 5. The van der Waals surface area contributed by atoms with Gasteiger partial charge in [-0.05, 0) is 36.6 Å². The maximum Gasteiger partial charge on any atom is 0.407 e. The van der Waals surface area contributed by atoms with E-state index in [-0.39, 0.29) is 12.1 Å². The van der Waals surface area contributed by atoms with E-state index in [1.165, 1.54) is 4.70 Å². The van der Waals surface area contributed by atoms with Gasteiger partial charge in [-0.2, -0.15) is 0 Å². The van der Waals surface area contributed by atoms with Crippen LogP contribution in [0.15, 0.2) is 54.0 Å². The molecular formula is C19H19N3O2S. The molecule has 25 heavy (non-hydrogen) atoms. The Bertz CT molecular complexity index is 859. The number of nitrogens with zero attached hydrogens (tertiary/aromatic N) is 1. The maximum absolute atomic E-state index is 11.8. The Morgan fingerprint density at radius 3 is 2.84 bits per heavy atom. The number of carbonyl (C=O) groups excluding carboxylic acids is 1. The molecule has 0 spiro atoms. The second kappa shape index (κ2) is 7.11. The molecule has 6 heteroatoms. The number of carbonyl (C=O) groups is 1. The van der Waals surface area contributed by atoms with Crippen LogP contribution in [-0.2, 0) is 11.3 Å². The van der Waals surface area contributed by atoms with Gasteiger partial charge in [0.1, 0.15) is 6.61 Å². The first-order chi connectivity index (χ1) is 12.3. The number of alkyl carbamates (subject to hydrolysis) is 1.